The molecule has 0 aliphatic rings. The zero-order valence-corrected chi connectivity index (χ0v) is 7.99. The molecule has 0 amide bonds. The Morgan fingerprint density at radius 1 is 1.38 bits per heavy atom. The van der Waals surface area contributed by atoms with E-state index in [1.54, 1.807) is 14.2 Å². The number of hydrogen-bond donors (Lipinski definition) is 1. The molecule has 1 unspecified atom stereocenters. The van der Waals surface area contributed by atoms with Crippen molar-refractivity contribution in [2.45, 2.75) is 6.04 Å². The van der Waals surface area contributed by atoms with Gasteiger partial charge in [-0.05, 0) is 17.7 Å². The molecular formula is C10H15NO2. The van der Waals surface area contributed by atoms with Crippen molar-refractivity contribution < 1.29 is 9.47 Å². The third-order valence-corrected chi connectivity index (χ3v) is 1.87. The van der Waals surface area contributed by atoms with Gasteiger partial charge in [-0.25, -0.2) is 0 Å². The van der Waals surface area contributed by atoms with Crippen molar-refractivity contribution in [1.82, 2.24) is 0 Å². The van der Waals surface area contributed by atoms with Gasteiger partial charge in [0, 0.05) is 7.11 Å². The van der Waals surface area contributed by atoms with Crippen LogP contribution < -0.4 is 10.5 Å². The van der Waals surface area contributed by atoms with E-state index in [2.05, 4.69) is 0 Å². The van der Waals surface area contributed by atoms with E-state index in [0.717, 1.165) is 11.3 Å². The van der Waals surface area contributed by atoms with Gasteiger partial charge in [-0.3, -0.25) is 0 Å². The molecule has 0 aliphatic heterocycles. The highest BCUT2D eigenvalue weighted by Crippen LogP contribution is 2.17. The Morgan fingerprint density at radius 2 is 2.15 bits per heavy atom. The lowest BCUT2D eigenvalue weighted by atomic mass is 10.1. The number of rotatable bonds is 4. The highest BCUT2D eigenvalue weighted by molar-refractivity contribution is 5.30. The third-order valence-electron chi connectivity index (χ3n) is 1.87. The fourth-order valence-electron chi connectivity index (χ4n) is 1.15. The number of benzene rings is 1. The Morgan fingerprint density at radius 3 is 2.77 bits per heavy atom. The molecule has 1 aromatic rings. The largest absolute Gasteiger partial charge is 0.497 e. The summed E-state index contributed by atoms with van der Waals surface area (Å²) >= 11 is 0. The van der Waals surface area contributed by atoms with Crippen LogP contribution in [0.1, 0.15) is 11.6 Å². The summed E-state index contributed by atoms with van der Waals surface area (Å²) in [5.74, 6) is 0.823. The fraction of sp³-hybridized carbons (Fsp3) is 0.400. The van der Waals surface area contributed by atoms with Crippen LogP contribution in [0.3, 0.4) is 0 Å². The van der Waals surface area contributed by atoms with Crippen LogP contribution in [0.25, 0.3) is 0 Å². The second-order valence-corrected chi connectivity index (χ2v) is 2.84. The maximum Gasteiger partial charge on any atom is 0.119 e. The van der Waals surface area contributed by atoms with Crippen molar-refractivity contribution in [3.63, 3.8) is 0 Å². The van der Waals surface area contributed by atoms with Crippen molar-refractivity contribution in [2.24, 2.45) is 5.73 Å². The molecule has 0 radical (unpaired) electrons. The van der Waals surface area contributed by atoms with Crippen LogP contribution in [0.5, 0.6) is 5.75 Å². The molecular weight excluding hydrogens is 166 g/mol. The summed E-state index contributed by atoms with van der Waals surface area (Å²) in [5, 5.41) is 0. The van der Waals surface area contributed by atoms with Gasteiger partial charge < -0.3 is 15.2 Å². The topological polar surface area (TPSA) is 44.5 Å². The molecule has 1 atom stereocenters. The van der Waals surface area contributed by atoms with Crippen LogP contribution in [0, 0.1) is 0 Å². The van der Waals surface area contributed by atoms with Crippen LogP contribution in [0.4, 0.5) is 0 Å². The van der Waals surface area contributed by atoms with Gasteiger partial charge in [-0.1, -0.05) is 12.1 Å². The molecule has 0 heterocycles. The maximum atomic E-state index is 5.85. The zero-order chi connectivity index (χ0) is 9.68. The third kappa shape index (κ3) is 2.72. The minimum atomic E-state index is -0.0832. The summed E-state index contributed by atoms with van der Waals surface area (Å²) in [6.45, 7) is 0.521. The zero-order valence-electron chi connectivity index (χ0n) is 7.99. The van der Waals surface area contributed by atoms with Gasteiger partial charge in [-0.2, -0.15) is 0 Å². The predicted octanol–water partition coefficient (Wildman–Crippen LogP) is 1.34. The molecule has 1 rings (SSSR count). The first kappa shape index (κ1) is 10.0. The van der Waals surface area contributed by atoms with Crippen molar-refractivity contribution in [3.05, 3.63) is 29.8 Å². The average Bonchev–Trinajstić information content (AvgIpc) is 2.18. The number of hydrogen-bond acceptors (Lipinski definition) is 3. The Hall–Kier alpha value is -1.06. The smallest absolute Gasteiger partial charge is 0.119 e. The molecule has 0 saturated heterocycles. The summed E-state index contributed by atoms with van der Waals surface area (Å²) in [5.41, 5.74) is 6.88. The SMILES string of the molecule is COCC(N)c1cccc(OC)c1. The Bertz CT molecular complexity index is 263. The number of methoxy groups -OCH3 is 2. The van der Waals surface area contributed by atoms with Crippen molar-refractivity contribution >= 4 is 0 Å². The Kier molecular flexibility index (Phi) is 3.73. The molecule has 0 spiro atoms. The van der Waals surface area contributed by atoms with Gasteiger partial charge in [0.25, 0.3) is 0 Å². The van der Waals surface area contributed by atoms with Crippen LogP contribution in [0.15, 0.2) is 24.3 Å². The van der Waals surface area contributed by atoms with Crippen molar-refractivity contribution in [1.29, 1.82) is 0 Å². The van der Waals surface area contributed by atoms with Gasteiger partial charge in [0.15, 0.2) is 0 Å². The van der Waals surface area contributed by atoms with Crippen molar-refractivity contribution in [3.8, 4) is 5.75 Å². The van der Waals surface area contributed by atoms with E-state index in [4.69, 9.17) is 15.2 Å². The fourth-order valence-corrected chi connectivity index (χ4v) is 1.15. The number of nitrogens with two attached hydrogens (primary N) is 1. The molecule has 1 aromatic carbocycles. The summed E-state index contributed by atoms with van der Waals surface area (Å²) in [4.78, 5) is 0. The van der Waals surface area contributed by atoms with Gasteiger partial charge in [0.05, 0.1) is 19.8 Å². The summed E-state index contributed by atoms with van der Waals surface area (Å²) < 4.78 is 10.1. The lowest BCUT2D eigenvalue weighted by molar-refractivity contribution is 0.181. The molecule has 72 valence electrons. The van der Waals surface area contributed by atoms with E-state index < -0.39 is 0 Å². The minimum absolute atomic E-state index is 0.0832. The second-order valence-electron chi connectivity index (χ2n) is 2.84. The van der Waals surface area contributed by atoms with E-state index in [1.807, 2.05) is 24.3 Å². The van der Waals surface area contributed by atoms with E-state index >= 15 is 0 Å². The minimum Gasteiger partial charge on any atom is -0.497 e. The van der Waals surface area contributed by atoms with Gasteiger partial charge in [0.1, 0.15) is 5.75 Å². The quantitative estimate of drug-likeness (QED) is 0.762. The lowest BCUT2D eigenvalue weighted by Crippen LogP contribution is -2.15. The van der Waals surface area contributed by atoms with Gasteiger partial charge >= 0.3 is 0 Å². The molecule has 0 aliphatic carbocycles. The van der Waals surface area contributed by atoms with Crippen LogP contribution >= 0.6 is 0 Å². The van der Waals surface area contributed by atoms with E-state index in [0.29, 0.717) is 6.61 Å². The van der Waals surface area contributed by atoms with E-state index in [1.165, 1.54) is 0 Å². The van der Waals surface area contributed by atoms with Crippen LogP contribution in [-0.4, -0.2) is 20.8 Å². The van der Waals surface area contributed by atoms with E-state index in [9.17, 15) is 0 Å². The maximum absolute atomic E-state index is 5.85. The Balaban J connectivity index is 2.75. The standard InChI is InChI=1S/C10H15NO2/c1-12-7-10(11)8-4-3-5-9(6-8)13-2/h3-6,10H,7,11H2,1-2H3. The molecule has 13 heavy (non-hydrogen) atoms. The first-order chi connectivity index (χ1) is 6.27. The lowest BCUT2D eigenvalue weighted by Gasteiger charge is -2.11. The molecule has 3 heteroatoms. The summed E-state index contributed by atoms with van der Waals surface area (Å²) in [6, 6.07) is 7.61. The van der Waals surface area contributed by atoms with Crippen LogP contribution in [0.2, 0.25) is 0 Å². The predicted molar refractivity (Wildman–Crippen MR) is 51.8 cm³/mol. The molecule has 0 aromatic heterocycles. The van der Waals surface area contributed by atoms with Crippen molar-refractivity contribution in [2.75, 3.05) is 20.8 Å². The normalized spacial score (nSPS) is 12.5. The molecule has 0 bridgehead atoms. The Labute approximate surface area is 78.5 Å². The highest BCUT2D eigenvalue weighted by Gasteiger charge is 2.05. The molecule has 2 N–H and O–H groups in total. The van der Waals surface area contributed by atoms with E-state index in [-0.39, 0.29) is 6.04 Å². The second kappa shape index (κ2) is 4.84. The number of ether oxygens (including phenoxy) is 2. The first-order valence-corrected chi connectivity index (χ1v) is 4.16. The monoisotopic (exact) mass is 181 g/mol. The van der Waals surface area contributed by atoms with Gasteiger partial charge in [-0.15, -0.1) is 0 Å². The van der Waals surface area contributed by atoms with Gasteiger partial charge in [0.2, 0.25) is 0 Å². The molecule has 0 saturated carbocycles. The average molecular weight is 181 g/mol. The highest BCUT2D eigenvalue weighted by atomic mass is 16.5. The molecule has 3 nitrogen and oxygen atoms in total. The van der Waals surface area contributed by atoms with Crippen LogP contribution in [-0.2, 0) is 4.74 Å². The first-order valence-electron chi connectivity index (χ1n) is 4.16. The molecule has 0 fully saturated rings. The summed E-state index contributed by atoms with van der Waals surface area (Å²) in [7, 11) is 3.28. The summed E-state index contributed by atoms with van der Waals surface area (Å²) in [6.07, 6.45) is 0.